The molecule has 0 bridgehead atoms. The number of aryl methyl sites for hydroxylation is 1. The second-order valence-corrected chi connectivity index (χ2v) is 5.52. The number of rotatable bonds is 3. The highest BCUT2D eigenvalue weighted by Gasteiger charge is 2.22. The van der Waals surface area contributed by atoms with Crippen molar-refractivity contribution in [1.82, 2.24) is 0 Å². The van der Waals surface area contributed by atoms with E-state index in [0.29, 0.717) is 0 Å². The van der Waals surface area contributed by atoms with Gasteiger partial charge in [0.05, 0.1) is 0 Å². The number of nitrogens with two attached hydrogens (primary N) is 1. The quantitative estimate of drug-likeness (QED) is 0.789. The zero-order chi connectivity index (χ0) is 12.1. The van der Waals surface area contributed by atoms with Gasteiger partial charge in [-0.2, -0.15) is 0 Å². The third kappa shape index (κ3) is 3.32. The van der Waals surface area contributed by atoms with Gasteiger partial charge in [-0.25, -0.2) is 0 Å². The maximum atomic E-state index is 5.95. The molecule has 0 radical (unpaired) electrons. The van der Waals surface area contributed by atoms with Crippen molar-refractivity contribution in [2.75, 3.05) is 6.54 Å². The predicted octanol–water partition coefficient (Wildman–Crippen LogP) is 3.69. The first kappa shape index (κ1) is 12.6. The van der Waals surface area contributed by atoms with Gasteiger partial charge in [-0.3, -0.25) is 0 Å². The van der Waals surface area contributed by atoms with Gasteiger partial charge < -0.3 is 5.73 Å². The Balaban J connectivity index is 2.07. The van der Waals surface area contributed by atoms with Gasteiger partial charge >= 0.3 is 0 Å². The summed E-state index contributed by atoms with van der Waals surface area (Å²) in [5.41, 5.74) is 8.92. The minimum absolute atomic E-state index is 0.747. The van der Waals surface area contributed by atoms with E-state index in [1.807, 2.05) is 0 Å². The van der Waals surface area contributed by atoms with Gasteiger partial charge in [-0.05, 0) is 55.7 Å². The molecular formula is C16H25N. The Morgan fingerprint density at radius 3 is 2.47 bits per heavy atom. The van der Waals surface area contributed by atoms with Crippen LogP contribution >= 0.6 is 0 Å². The van der Waals surface area contributed by atoms with Crippen molar-refractivity contribution in [1.29, 1.82) is 0 Å². The van der Waals surface area contributed by atoms with Crippen molar-refractivity contribution < 1.29 is 0 Å². The summed E-state index contributed by atoms with van der Waals surface area (Å²) in [5, 5.41) is 0. The van der Waals surface area contributed by atoms with Crippen molar-refractivity contribution in [3.63, 3.8) is 0 Å². The molecule has 1 aliphatic carbocycles. The third-order valence-electron chi connectivity index (χ3n) is 4.36. The Labute approximate surface area is 105 Å². The predicted molar refractivity (Wildman–Crippen MR) is 74.0 cm³/mol. The van der Waals surface area contributed by atoms with E-state index in [1.54, 1.807) is 0 Å². The molecule has 1 aromatic carbocycles. The lowest BCUT2D eigenvalue weighted by Gasteiger charge is -2.24. The van der Waals surface area contributed by atoms with Crippen molar-refractivity contribution in [3.05, 3.63) is 35.4 Å². The van der Waals surface area contributed by atoms with Crippen LogP contribution in [0, 0.1) is 18.8 Å². The van der Waals surface area contributed by atoms with Crippen LogP contribution in [-0.4, -0.2) is 6.54 Å². The molecule has 1 fully saturated rings. The van der Waals surface area contributed by atoms with Gasteiger partial charge in [0.2, 0.25) is 0 Å². The van der Waals surface area contributed by atoms with E-state index in [2.05, 4.69) is 31.2 Å². The molecule has 1 heteroatoms. The fourth-order valence-corrected chi connectivity index (χ4v) is 3.16. The van der Waals surface area contributed by atoms with Crippen molar-refractivity contribution in [3.8, 4) is 0 Å². The average Bonchev–Trinajstić information content (AvgIpc) is 2.57. The normalized spacial score (nSPS) is 25.5. The van der Waals surface area contributed by atoms with Crippen LogP contribution in [0.1, 0.15) is 43.2 Å². The van der Waals surface area contributed by atoms with Crippen LogP contribution in [-0.2, 0) is 6.42 Å². The fourth-order valence-electron chi connectivity index (χ4n) is 3.16. The molecule has 1 aliphatic rings. The molecule has 0 spiro atoms. The summed E-state index contributed by atoms with van der Waals surface area (Å²) in [6.45, 7) is 3.10. The highest BCUT2D eigenvalue weighted by molar-refractivity contribution is 5.26. The summed E-state index contributed by atoms with van der Waals surface area (Å²) in [7, 11) is 0. The molecule has 1 nitrogen and oxygen atoms in total. The zero-order valence-electron chi connectivity index (χ0n) is 11.0. The number of benzene rings is 1. The summed E-state index contributed by atoms with van der Waals surface area (Å²) in [6.07, 6.45) is 8.12. The molecule has 2 rings (SSSR count). The minimum Gasteiger partial charge on any atom is -0.330 e. The molecule has 0 amide bonds. The topological polar surface area (TPSA) is 26.0 Å². The summed E-state index contributed by atoms with van der Waals surface area (Å²) in [5.74, 6) is 1.56. The largest absolute Gasteiger partial charge is 0.330 e. The molecule has 17 heavy (non-hydrogen) atoms. The van der Waals surface area contributed by atoms with Gasteiger partial charge in [0, 0.05) is 0 Å². The van der Waals surface area contributed by atoms with Crippen LogP contribution in [0.5, 0.6) is 0 Å². The Kier molecular flexibility index (Phi) is 4.61. The van der Waals surface area contributed by atoms with E-state index in [4.69, 9.17) is 5.73 Å². The standard InChI is InChI=1S/C16H25N/c1-13-7-5-6-8-14(13)11-15-9-3-2-4-10-16(15)12-17/h5-8,15-16H,2-4,9-12,17H2,1H3. The first-order valence-corrected chi connectivity index (χ1v) is 7.06. The van der Waals surface area contributed by atoms with Crippen molar-refractivity contribution >= 4 is 0 Å². The monoisotopic (exact) mass is 231 g/mol. The van der Waals surface area contributed by atoms with Crippen LogP contribution in [0.3, 0.4) is 0 Å². The Bertz CT molecular complexity index is 345. The van der Waals surface area contributed by atoms with Gasteiger partial charge in [0.15, 0.2) is 0 Å². The Morgan fingerprint density at radius 2 is 1.76 bits per heavy atom. The molecule has 0 heterocycles. The summed E-state index contributed by atoms with van der Waals surface area (Å²) in [4.78, 5) is 0. The first-order chi connectivity index (χ1) is 8.31. The zero-order valence-corrected chi connectivity index (χ0v) is 11.0. The van der Waals surface area contributed by atoms with Gasteiger partial charge in [-0.1, -0.05) is 43.5 Å². The molecule has 2 atom stereocenters. The third-order valence-corrected chi connectivity index (χ3v) is 4.36. The van der Waals surface area contributed by atoms with Gasteiger partial charge in [0.25, 0.3) is 0 Å². The van der Waals surface area contributed by atoms with Crippen LogP contribution in [0.2, 0.25) is 0 Å². The number of hydrogen-bond acceptors (Lipinski definition) is 1. The lowest BCUT2D eigenvalue weighted by atomic mass is 9.82. The van der Waals surface area contributed by atoms with Crippen LogP contribution in [0.15, 0.2) is 24.3 Å². The summed E-state index contributed by atoms with van der Waals surface area (Å²) < 4.78 is 0. The summed E-state index contributed by atoms with van der Waals surface area (Å²) >= 11 is 0. The van der Waals surface area contributed by atoms with E-state index in [9.17, 15) is 0 Å². The molecule has 0 saturated heterocycles. The fraction of sp³-hybridized carbons (Fsp3) is 0.625. The maximum Gasteiger partial charge on any atom is -0.00461 e. The van der Waals surface area contributed by atoms with E-state index in [0.717, 1.165) is 18.4 Å². The van der Waals surface area contributed by atoms with Crippen molar-refractivity contribution in [2.45, 2.75) is 45.4 Å². The molecule has 94 valence electrons. The Morgan fingerprint density at radius 1 is 1.06 bits per heavy atom. The van der Waals surface area contributed by atoms with E-state index >= 15 is 0 Å². The maximum absolute atomic E-state index is 5.95. The molecule has 2 N–H and O–H groups in total. The molecule has 0 aliphatic heterocycles. The van der Waals surface area contributed by atoms with Crippen LogP contribution < -0.4 is 5.73 Å². The molecule has 1 saturated carbocycles. The molecule has 1 aromatic rings. The molecular weight excluding hydrogens is 206 g/mol. The SMILES string of the molecule is Cc1ccccc1CC1CCCCCC1CN. The van der Waals surface area contributed by atoms with Gasteiger partial charge in [0.1, 0.15) is 0 Å². The Hall–Kier alpha value is -0.820. The first-order valence-electron chi connectivity index (χ1n) is 7.06. The smallest absolute Gasteiger partial charge is 0.00461 e. The lowest BCUT2D eigenvalue weighted by molar-refractivity contribution is 0.318. The summed E-state index contributed by atoms with van der Waals surface area (Å²) in [6, 6.07) is 8.81. The minimum atomic E-state index is 0.747. The van der Waals surface area contributed by atoms with E-state index < -0.39 is 0 Å². The van der Waals surface area contributed by atoms with Crippen molar-refractivity contribution in [2.24, 2.45) is 17.6 Å². The number of hydrogen-bond donors (Lipinski definition) is 1. The van der Waals surface area contributed by atoms with E-state index in [1.165, 1.54) is 49.7 Å². The second kappa shape index (κ2) is 6.20. The van der Waals surface area contributed by atoms with Gasteiger partial charge in [-0.15, -0.1) is 0 Å². The van der Waals surface area contributed by atoms with Crippen LogP contribution in [0.25, 0.3) is 0 Å². The second-order valence-electron chi connectivity index (χ2n) is 5.52. The highest BCUT2D eigenvalue weighted by atomic mass is 14.6. The molecule has 0 aromatic heterocycles. The lowest BCUT2D eigenvalue weighted by Crippen LogP contribution is -2.24. The van der Waals surface area contributed by atoms with Crippen LogP contribution in [0.4, 0.5) is 0 Å². The molecule has 2 unspecified atom stereocenters. The van der Waals surface area contributed by atoms with E-state index in [-0.39, 0.29) is 0 Å². The average molecular weight is 231 g/mol. The highest BCUT2D eigenvalue weighted by Crippen LogP contribution is 2.31.